The van der Waals surface area contributed by atoms with Gasteiger partial charge in [0, 0.05) is 12.0 Å². The Bertz CT molecular complexity index is 565. The highest BCUT2D eigenvalue weighted by Crippen LogP contribution is 2.23. The average Bonchev–Trinajstić information content (AvgIpc) is 2.47. The van der Waals surface area contributed by atoms with Crippen molar-refractivity contribution in [3.63, 3.8) is 0 Å². The maximum absolute atomic E-state index is 12.1. The maximum atomic E-state index is 12.1. The topological polar surface area (TPSA) is 103 Å². The predicted octanol–water partition coefficient (Wildman–Crippen LogP) is 1.42. The van der Waals surface area contributed by atoms with E-state index in [4.69, 9.17) is 22.7 Å². The van der Waals surface area contributed by atoms with E-state index >= 15 is 0 Å². The zero-order valence-electron chi connectivity index (χ0n) is 11.8. The molecular formula is C12H17N3O4S2. The molecule has 7 nitrogen and oxygen atoms in total. The zero-order valence-corrected chi connectivity index (χ0v) is 13.5. The second-order valence-electron chi connectivity index (χ2n) is 3.92. The van der Waals surface area contributed by atoms with Crippen LogP contribution < -0.4 is 16.4 Å². The molecule has 0 spiro atoms. The molecule has 1 aromatic rings. The first-order chi connectivity index (χ1) is 9.88. The van der Waals surface area contributed by atoms with Crippen molar-refractivity contribution in [3.05, 3.63) is 18.2 Å². The van der Waals surface area contributed by atoms with E-state index in [-0.39, 0.29) is 5.11 Å². The number of ether oxygens (including phenoxy) is 2. The third-order valence-electron chi connectivity index (χ3n) is 2.54. The van der Waals surface area contributed by atoms with Gasteiger partial charge in [0.1, 0.15) is 5.44 Å². The number of nitrogens with one attached hydrogen (secondary N) is 2. The Balaban J connectivity index is 2.81. The first-order valence-corrected chi connectivity index (χ1v) is 7.50. The fourth-order valence-electron chi connectivity index (χ4n) is 1.36. The van der Waals surface area contributed by atoms with Crippen LogP contribution in [-0.2, 0) is 20.3 Å². The number of thiocarbonyl (C=S) groups is 1. The minimum Gasteiger partial charge on any atom is -0.453 e. The number of carbonyl (C=O) groups is 1. The van der Waals surface area contributed by atoms with Crippen LogP contribution in [0, 0.1) is 0 Å². The van der Waals surface area contributed by atoms with Gasteiger partial charge in [-0.15, -0.1) is 0 Å². The van der Waals surface area contributed by atoms with E-state index in [1.54, 1.807) is 25.1 Å². The fraction of sp³-hybridized carbons (Fsp3) is 0.333. The molecule has 9 heteroatoms. The molecule has 2 atom stereocenters. The molecular weight excluding hydrogens is 314 g/mol. The standard InChI is InChI=1S/C12H17N3O4S2/c1-7(18-2)21(17)8-4-5-10(9(13)6-8)14-11(20)15-12(16)19-3/h4-7H,13H2,1-3H3,(H2,14,15,16,20). The van der Waals surface area contributed by atoms with E-state index in [0.717, 1.165) is 0 Å². The van der Waals surface area contributed by atoms with Crippen LogP contribution in [0.2, 0.25) is 0 Å². The van der Waals surface area contributed by atoms with Gasteiger partial charge in [-0.05, 0) is 37.3 Å². The second-order valence-corrected chi connectivity index (χ2v) is 6.06. The molecule has 0 aliphatic heterocycles. The molecule has 2 unspecified atom stereocenters. The van der Waals surface area contributed by atoms with Crippen LogP contribution in [0.1, 0.15) is 6.92 Å². The molecule has 0 radical (unpaired) electrons. The van der Waals surface area contributed by atoms with E-state index in [1.807, 2.05) is 0 Å². The van der Waals surface area contributed by atoms with Crippen molar-refractivity contribution in [1.29, 1.82) is 0 Å². The number of rotatable bonds is 4. The SMILES string of the molecule is COC(=O)NC(=S)Nc1ccc(S(=O)C(C)OC)cc1N. The summed E-state index contributed by atoms with van der Waals surface area (Å²) in [7, 11) is 1.39. The third-order valence-corrected chi connectivity index (χ3v) is 4.26. The van der Waals surface area contributed by atoms with Gasteiger partial charge in [-0.2, -0.15) is 0 Å². The Kier molecular flexibility index (Phi) is 6.53. The smallest absolute Gasteiger partial charge is 0.413 e. The van der Waals surface area contributed by atoms with Crippen LogP contribution >= 0.6 is 12.2 Å². The lowest BCUT2D eigenvalue weighted by Crippen LogP contribution is -2.34. The summed E-state index contributed by atoms with van der Waals surface area (Å²) in [5.41, 5.74) is 6.27. The second kappa shape index (κ2) is 7.91. The molecule has 0 fully saturated rings. The van der Waals surface area contributed by atoms with Crippen molar-refractivity contribution in [2.75, 3.05) is 25.3 Å². The fourth-order valence-corrected chi connectivity index (χ4v) is 2.55. The monoisotopic (exact) mass is 331 g/mol. The molecule has 0 heterocycles. The van der Waals surface area contributed by atoms with Gasteiger partial charge in [-0.1, -0.05) is 0 Å². The summed E-state index contributed by atoms with van der Waals surface area (Å²) in [5, 5.41) is 5.09. The van der Waals surface area contributed by atoms with E-state index in [2.05, 4.69) is 15.4 Å². The van der Waals surface area contributed by atoms with Crippen LogP contribution in [0.15, 0.2) is 23.1 Å². The number of hydrogen-bond acceptors (Lipinski definition) is 6. The molecule has 21 heavy (non-hydrogen) atoms. The van der Waals surface area contributed by atoms with Gasteiger partial charge in [0.25, 0.3) is 0 Å². The lowest BCUT2D eigenvalue weighted by atomic mass is 10.3. The highest BCUT2D eigenvalue weighted by atomic mass is 32.2. The van der Waals surface area contributed by atoms with E-state index in [0.29, 0.717) is 16.3 Å². The van der Waals surface area contributed by atoms with Crippen molar-refractivity contribution >= 4 is 45.6 Å². The summed E-state index contributed by atoms with van der Waals surface area (Å²) in [5.74, 6) is 0. The molecule has 0 saturated carbocycles. The Morgan fingerprint density at radius 1 is 1.43 bits per heavy atom. The highest BCUT2D eigenvalue weighted by Gasteiger charge is 2.14. The molecule has 1 aromatic carbocycles. The van der Waals surface area contributed by atoms with Crippen LogP contribution in [0.4, 0.5) is 16.2 Å². The minimum absolute atomic E-state index is 0.0488. The maximum Gasteiger partial charge on any atom is 0.413 e. The van der Waals surface area contributed by atoms with Gasteiger partial charge >= 0.3 is 6.09 Å². The Labute approximate surface area is 130 Å². The normalized spacial score (nSPS) is 13.1. The van der Waals surface area contributed by atoms with Crippen molar-refractivity contribution in [2.24, 2.45) is 0 Å². The molecule has 0 bridgehead atoms. The van der Waals surface area contributed by atoms with Crippen molar-refractivity contribution in [1.82, 2.24) is 5.32 Å². The molecule has 0 saturated heterocycles. The van der Waals surface area contributed by atoms with Crippen molar-refractivity contribution in [3.8, 4) is 0 Å². The largest absolute Gasteiger partial charge is 0.453 e. The lowest BCUT2D eigenvalue weighted by molar-refractivity contribution is 0.177. The number of amides is 1. The number of benzene rings is 1. The van der Waals surface area contributed by atoms with E-state index in [9.17, 15) is 9.00 Å². The molecule has 0 aliphatic carbocycles. The number of carbonyl (C=O) groups excluding carboxylic acids is 1. The van der Waals surface area contributed by atoms with Crippen LogP contribution in [0.25, 0.3) is 0 Å². The lowest BCUT2D eigenvalue weighted by Gasteiger charge is -2.13. The van der Waals surface area contributed by atoms with Gasteiger partial charge in [0.2, 0.25) is 0 Å². The van der Waals surface area contributed by atoms with Crippen LogP contribution in [-0.4, -0.2) is 35.1 Å². The van der Waals surface area contributed by atoms with Gasteiger partial charge in [0.15, 0.2) is 5.11 Å². The molecule has 1 amide bonds. The summed E-state index contributed by atoms with van der Waals surface area (Å²) < 4.78 is 21.5. The Morgan fingerprint density at radius 2 is 2.10 bits per heavy atom. The summed E-state index contributed by atoms with van der Waals surface area (Å²) in [6.45, 7) is 1.70. The number of nitrogens with two attached hydrogens (primary N) is 1. The van der Waals surface area contributed by atoms with Crippen molar-refractivity contribution < 1.29 is 18.5 Å². The van der Waals surface area contributed by atoms with Crippen LogP contribution in [0.3, 0.4) is 0 Å². The quantitative estimate of drug-likeness (QED) is 0.566. The van der Waals surface area contributed by atoms with Gasteiger partial charge in [0.05, 0.1) is 29.3 Å². The number of anilines is 2. The number of hydrogen-bond donors (Lipinski definition) is 3. The molecule has 0 aromatic heterocycles. The molecule has 4 N–H and O–H groups in total. The number of alkyl carbamates (subject to hydrolysis) is 1. The van der Waals surface area contributed by atoms with Crippen molar-refractivity contribution in [2.45, 2.75) is 17.3 Å². The van der Waals surface area contributed by atoms with Gasteiger partial charge < -0.3 is 20.5 Å². The minimum atomic E-state index is -1.32. The van der Waals surface area contributed by atoms with Gasteiger partial charge in [-0.25, -0.2) is 4.79 Å². The summed E-state index contributed by atoms with van der Waals surface area (Å²) >= 11 is 4.92. The molecule has 1 rings (SSSR count). The number of nitrogen functional groups attached to an aromatic ring is 1. The van der Waals surface area contributed by atoms with E-state index < -0.39 is 22.3 Å². The first kappa shape index (κ1) is 17.3. The zero-order chi connectivity index (χ0) is 16.0. The summed E-state index contributed by atoms with van der Waals surface area (Å²) in [6.07, 6.45) is -0.683. The Hall–Kier alpha value is -1.71. The summed E-state index contributed by atoms with van der Waals surface area (Å²) in [4.78, 5) is 11.5. The predicted molar refractivity (Wildman–Crippen MR) is 85.5 cm³/mol. The summed E-state index contributed by atoms with van der Waals surface area (Å²) in [6, 6.07) is 4.83. The molecule has 116 valence electrons. The highest BCUT2D eigenvalue weighted by molar-refractivity contribution is 7.85. The molecule has 0 aliphatic rings. The number of methoxy groups -OCH3 is 2. The first-order valence-electron chi connectivity index (χ1n) is 5.88. The van der Waals surface area contributed by atoms with Gasteiger partial charge in [-0.3, -0.25) is 9.53 Å². The average molecular weight is 331 g/mol. The Morgan fingerprint density at radius 3 is 2.62 bits per heavy atom. The third kappa shape index (κ3) is 4.96. The van der Waals surface area contributed by atoms with E-state index in [1.165, 1.54) is 14.2 Å². The van der Waals surface area contributed by atoms with Crippen LogP contribution in [0.5, 0.6) is 0 Å².